The molecule has 1 atom stereocenters. The Labute approximate surface area is 181 Å². The molecule has 3 aromatic rings. The Kier molecular flexibility index (Phi) is 5.72. The number of aromatic nitrogens is 2. The summed E-state index contributed by atoms with van der Waals surface area (Å²) in [5.41, 5.74) is 1.85. The van der Waals surface area contributed by atoms with Crippen molar-refractivity contribution in [1.82, 2.24) is 9.55 Å². The summed E-state index contributed by atoms with van der Waals surface area (Å²) < 4.78 is 31.4. The maximum Gasteiger partial charge on any atom is 0.262 e. The van der Waals surface area contributed by atoms with Gasteiger partial charge in [0.2, 0.25) is 5.95 Å². The third kappa shape index (κ3) is 4.15. The fourth-order valence-electron chi connectivity index (χ4n) is 3.92. The molecule has 0 spiro atoms. The second-order valence-electron chi connectivity index (χ2n) is 7.75. The highest BCUT2D eigenvalue weighted by Gasteiger charge is 2.21. The van der Waals surface area contributed by atoms with E-state index in [2.05, 4.69) is 10.2 Å². The van der Waals surface area contributed by atoms with Gasteiger partial charge in [-0.05, 0) is 25.1 Å². The number of anilines is 2. The van der Waals surface area contributed by atoms with Crippen LogP contribution in [0.15, 0.2) is 52.2 Å². The van der Waals surface area contributed by atoms with Gasteiger partial charge in [-0.1, -0.05) is 24.3 Å². The molecule has 31 heavy (non-hydrogen) atoms. The van der Waals surface area contributed by atoms with Gasteiger partial charge in [-0.25, -0.2) is 13.4 Å². The van der Waals surface area contributed by atoms with Crippen molar-refractivity contribution in [3.8, 4) is 0 Å². The molecule has 0 aliphatic carbocycles. The minimum atomic E-state index is -3.39. The molecule has 8 nitrogen and oxygen atoms in total. The number of sulfone groups is 1. The highest BCUT2D eigenvalue weighted by atomic mass is 32.2. The van der Waals surface area contributed by atoms with Crippen LogP contribution in [-0.2, 0) is 21.6 Å². The number of nitrogens with zero attached hydrogens (tertiary/aromatic N) is 3. The Hall–Kier alpha value is -2.91. The predicted molar refractivity (Wildman–Crippen MR) is 122 cm³/mol. The van der Waals surface area contributed by atoms with Gasteiger partial charge in [0.25, 0.3) is 5.56 Å². The molecule has 1 saturated heterocycles. The van der Waals surface area contributed by atoms with Crippen LogP contribution in [0.5, 0.6) is 0 Å². The molecule has 1 aliphatic heterocycles. The quantitative estimate of drug-likeness (QED) is 0.648. The van der Waals surface area contributed by atoms with E-state index in [1.807, 2.05) is 19.1 Å². The van der Waals surface area contributed by atoms with E-state index in [1.54, 1.807) is 41.9 Å². The van der Waals surface area contributed by atoms with Gasteiger partial charge in [0, 0.05) is 32.0 Å². The fourth-order valence-corrected chi connectivity index (χ4v) is 4.77. The van der Waals surface area contributed by atoms with Crippen LogP contribution in [0.25, 0.3) is 10.9 Å². The molecular weight excluding hydrogens is 416 g/mol. The van der Waals surface area contributed by atoms with Crippen molar-refractivity contribution in [3.05, 3.63) is 58.4 Å². The van der Waals surface area contributed by atoms with Crippen LogP contribution in [-0.4, -0.2) is 50.5 Å². The summed E-state index contributed by atoms with van der Waals surface area (Å²) in [4.78, 5) is 20.2. The number of morpholine rings is 1. The number of para-hydroxylation sites is 2. The van der Waals surface area contributed by atoms with Crippen LogP contribution >= 0.6 is 0 Å². The first-order valence-electron chi connectivity index (χ1n) is 10.2. The molecular formula is C22H26N4O4S. The van der Waals surface area contributed by atoms with E-state index in [0.29, 0.717) is 48.8 Å². The van der Waals surface area contributed by atoms with Gasteiger partial charge in [-0.3, -0.25) is 9.36 Å². The molecule has 1 N–H and O–H groups in total. The van der Waals surface area contributed by atoms with E-state index in [0.717, 1.165) is 5.56 Å². The van der Waals surface area contributed by atoms with Crippen molar-refractivity contribution in [2.24, 2.45) is 7.05 Å². The molecule has 1 aromatic heterocycles. The van der Waals surface area contributed by atoms with E-state index in [9.17, 15) is 13.2 Å². The number of ether oxygens (including phenoxy) is 1. The third-order valence-electron chi connectivity index (χ3n) is 5.53. The van der Waals surface area contributed by atoms with Crippen molar-refractivity contribution in [2.45, 2.75) is 17.9 Å². The lowest BCUT2D eigenvalue weighted by atomic mass is 10.0. The third-order valence-corrected chi connectivity index (χ3v) is 6.69. The molecule has 0 radical (unpaired) electrons. The minimum absolute atomic E-state index is 0.114. The summed E-state index contributed by atoms with van der Waals surface area (Å²) in [6, 6.07) is 12.1. The maximum absolute atomic E-state index is 13.1. The number of benzene rings is 2. The SMILES string of the molecule is C[C@H](Nc1ccccc1S(C)(=O)=O)c1cccc2c(=O)n(C)c(N3CCOCC3)nc12. The molecule has 4 rings (SSSR count). The Morgan fingerprint density at radius 2 is 1.81 bits per heavy atom. The maximum atomic E-state index is 13.1. The van der Waals surface area contributed by atoms with Gasteiger partial charge in [0.1, 0.15) is 0 Å². The summed E-state index contributed by atoms with van der Waals surface area (Å²) in [7, 11) is -1.65. The highest BCUT2D eigenvalue weighted by molar-refractivity contribution is 7.90. The molecule has 164 valence electrons. The number of hydrogen-bond acceptors (Lipinski definition) is 7. The first-order valence-corrected chi connectivity index (χ1v) is 12.0. The molecule has 0 bridgehead atoms. The Balaban J connectivity index is 1.79. The van der Waals surface area contributed by atoms with Crippen molar-refractivity contribution in [3.63, 3.8) is 0 Å². The van der Waals surface area contributed by atoms with Gasteiger partial charge in [0.05, 0.1) is 40.7 Å². The topological polar surface area (TPSA) is 93.5 Å². The summed E-state index contributed by atoms with van der Waals surface area (Å²) in [5, 5.41) is 3.83. The van der Waals surface area contributed by atoms with Crippen LogP contribution in [0.3, 0.4) is 0 Å². The number of rotatable bonds is 5. The minimum Gasteiger partial charge on any atom is -0.378 e. The van der Waals surface area contributed by atoms with Gasteiger partial charge in [0.15, 0.2) is 9.84 Å². The molecule has 2 aromatic carbocycles. The molecule has 0 amide bonds. The van der Waals surface area contributed by atoms with Crippen LogP contribution in [0, 0.1) is 0 Å². The zero-order valence-corrected chi connectivity index (χ0v) is 18.6. The van der Waals surface area contributed by atoms with Crippen LogP contribution in [0.2, 0.25) is 0 Å². The number of fused-ring (bicyclic) bond motifs is 1. The van der Waals surface area contributed by atoms with Gasteiger partial charge < -0.3 is 15.0 Å². The van der Waals surface area contributed by atoms with E-state index in [1.165, 1.54) is 6.26 Å². The average molecular weight is 443 g/mol. The van der Waals surface area contributed by atoms with Crippen molar-refractivity contribution >= 4 is 32.4 Å². The molecule has 0 saturated carbocycles. The lowest BCUT2D eigenvalue weighted by Crippen LogP contribution is -2.40. The first kappa shape index (κ1) is 21.3. The van der Waals surface area contributed by atoms with Gasteiger partial charge >= 0.3 is 0 Å². The van der Waals surface area contributed by atoms with E-state index in [4.69, 9.17) is 9.72 Å². The Morgan fingerprint density at radius 1 is 1.10 bits per heavy atom. The largest absolute Gasteiger partial charge is 0.378 e. The monoisotopic (exact) mass is 442 g/mol. The highest BCUT2D eigenvalue weighted by Crippen LogP contribution is 2.29. The Bertz CT molecular complexity index is 1280. The van der Waals surface area contributed by atoms with Crippen LogP contribution < -0.4 is 15.8 Å². The van der Waals surface area contributed by atoms with Crippen molar-refractivity contribution < 1.29 is 13.2 Å². The fraction of sp³-hybridized carbons (Fsp3) is 0.364. The standard InChI is InChI=1S/C22H26N4O4S/c1-15(23-18-9-4-5-10-19(18)31(3,28)29)16-7-6-8-17-20(16)24-22(25(2)21(17)27)26-11-13-30-14-12-26/h4-10,15,23H,11-14H2,1-3H3/t15-/m0/s1. The molecule has 9 heteroatoms. The molecule has 1 aliphatic rings. The zero-order valence-electron chi connectivity index (χ0n) is 17.8. The lowest BCUT2D eigenvalue weighted by molar-refractivity contribution is 0.121. The molecule has 2 heterocycles. The first-order chi connectivity index (χ1) is 14.8. The Morgan fingerprint density at radius 3 is 2.52 bits per heavy atom. The molecule has 1 fully saturated rings. The number of hydrogen-bond donors (Lipinski definition) is 1. The zero-order chi connectivity index (χ0) is 22.2. The average Bonchev–Trinajstić information content (AvgIpc) is 2.76. The smallest absolute Gasteiger partial charge is 0.262 e. The van der Waals surface area contributed by atoms with Gasteiger partial charge in [-0.2, -0.15) is 0 Å². The van der Waals surface area contributed by atoms with Crippen molar-refractivity contribution in [1.29, 1.82) is 0 Å². The summed E-state index contributed by atoms with van der Waals surface area (Å²) in [5.74, 6) is 0.608. The second kappa shape index (κ2) is 8.32. The summed E-state index contributed by atoms with van der Waals surface area (Å²) >= 11 is 0. The van der Waals surface area contributed by atoms with Crippen LogP contribution in [0.4, 0.5) is 11.6 Å². The summed E-state index contributed by atoms with van der Waals surface area (Å²) in [6.45, 7) is 4.46. The van der Waals surface area contributed by atoms with Gasteiger partial charge in [-0.15, -0.1) is 0 Å². The van der Waals surface area contributed by atoms with E-state index in [-0.39, 0.29) is 16.5 Å². The molecule has 0 unspecified atom stereocenters. The second-order valence-corrected chi connectivity index (χ2v) is 9.74. The van der Waals surface area contributed by atoms with E-state index < -0.39 is 9.84 Å². The predicted octanol–water partition coefficient (Wildman–Crippen LogP) is 2.35. The normalized spacial score (nSPS) is 15.8. The van der Waals surface area contributed by atoms with Crippen LogP contribution in [0.1, 0.15) is 18.5 Å². The number of nitrogens with one attached hydrogen (secondary N) is 1. The van der Waals surface area contributed by atoms with Crippen molar-refractivity contribution in [2.75, 3.05) is 42.8 Å². The summed E-state index contributed by atoms with van der Waals surface area (Å²) in [6.07, 6.45) is 1.19. The van der Waals surface area contributed by atoms with E-state index >= 15 is 0 Å². The lowest BCUT2D eigenvalue weighted by Gasteiger charge is -2.29.